The molecule has 1 amide bonds. The Balaban J connectivity index is 3.33. The van der Waals surface area contributed by atoms with E-state index in [4.69, 9.17) is 9.47 Å². The summed E-state index contributed by atoms with van der Waals surface area (Å²) < 4.78 is 10.8. The second kappa shape index (κ2) is 6.43. The zero-order chi connectivity index (χ0) is 14.6. The second-order valence-electron chi connectivity index (χ2n) is 4.41. The Morgan fingerprint density at radius 3 is 2.32 bits per heavy atom. The molecule has 5 heteroatoms. The van der Waals surface area contributed by atoms with Gasteiger partial charge in [-0.2, -0.15) is 0 Å². The maximum atomic E-state index is 11.9. The summed E-state index contributed by atoms with van der Waals surface area (Å²) in [6.07, 6.45) is 0. The molecule has 1 aromatic rings. The summed E-state index contributed by atoms with van der Waals surface area (Å²) in [5.41, 5.74) is 8.04. The summed E-state index contributed by atoms with van der Waals surface area (Å²) in [4.78, 5) is 11.9. The van der Waals surface area contributed by atoms with Crippen LogP contribution in [0, 0.1) is 13.8 Å². The highest BCUT2D eigenvalue weighted by Gasteiger charge is 2.22. The topological polar surface area (TPSA) is 59.6 Å². The van der Waals surface area contributed by atoms with Crippen LogP contribution in [0.3, 0.4) is 0 Å². The van der Waals surface area contributed by atoms with Crippen molar-refractivity contribution in [3.8, 4) is 11.5 Å². The molecule has 0 spiro atoms. The number of carbonyl (C=O) groups is 1. The summed E-state index contributed by atoms with van der Waals surface area (Å²) >= 11 is 0. The van der Waals surface area contributed by atoms with Crippen LogP contribution in [0.5, 0.6) is 11.5 Å². The van der Waals surface area contributed by atoms with Crippen LogP contribution in [0.15, 0.2) is 6.07 Å². The molecule has 0 aliphatic rings. The van der Waals surface area contributed by atoms with Crippen molar-refractivity contribution in [1.82, 2.24) is 10.9 Å². The first kappa shape index (κ1) is 15.3. The standard InChI is InChI=1S/C14H22N2O3/c1-8-9(2)13(19-6)11(7-12(8)18-5)10(3)14(17)16-15-4/h7,10,15H,1-6H3,(H,16,17). The van der Waals surface area contributed by atoms with Crippen molar-refractivity contribution in [2.75, 3.05) is 21.3 Å². The number of hydrogen-bond acceptors (Lipinski definition) is 4. The average Bonchev–Trinajstić information content (AvgIpc) is 2.41. The normalized spacial score (nSPS) is 11.9. The molecule has 5 nitrogen and oxygen atoms in total. The van der Waals surface area contributed by atoms with Gasteiger partial charge in [-0.1, -0.05) is 0 Å². The molecule has 19 heavy (non-hydrogen) atoms. The Morgan fingerprint density at radius 1 is 1.21 bits per heavy atom. The van der Waals surface area contributed by atoms with Gasteiger partial charge in [-0.25, -0.2) is 5.43 Å². The largest absolute Gasteiger partial charge is 0.496 e. The van der Waals surface area contributed by atoms with E-state index in [9.17, 15) is 4.79 Å². The highest BCUT2D eigenvalue weighted by Crippen LogP contribution is 2.37. The van der Waals surface area contributed by atoms with Crippen LogP contribution in [0.25, 0.3) is 0 Å². The van der Waals surface area contributed by atoms with E-state index in [1.54, 1.807) is 21.3 Å². The Labute approximate surface area is 114 Å². The first-order chi connectivity index (χ1) is 8.97. The predicted octanol–water partition coefficient (Wildman–Crippen LogP) is 1.67. The Kier molecular flexibility index (Phi) is 5.18. The molecule has 0 aromatic heterocycles. The monoisotopic (exact) mass is 266 g/mol. The molecule has 106 valence electrons. The van der Waals surface area contributed by atoms with Crippen LogP contribution in [0.2, 0.25) is 0 Å². The van der Waals surface area contributed by atoms with Crippen LogP contribution in [0.4, 0.5) is 0 Å². The maximum Gasteiger partial charge on any atom is 0.241 e. The van der Waals surface area contributed by atoms with Crippen LogP contribution < -0.4 is 20.3 Å². The Morgan fingerprint density at radius 2 is 1.84 bits per heavy atom. The fraction of sp³-hybridized carbons (Fsp3) is 0.500. The highest BCUT2D eigenvalue weighted by atomic mass is 16.5. The van der Waals surface area contributed by atoms with E-state index in [0.717, 1.165) is 28.2 Å². The summed E-state index contributed by atoms with van der Waals surface area (Å²) in [5, 5.41) is 0. The first-order valence-corrected chi connectivity index (χ1v) is 6.16. The lowest BCUT2D eigenvalue weighted by molar-refractivity contribution is -0.123. The predicted molar refractivity (Wildman–Crippen MR) is 74.6 cm³/mol. The van der Waals surface area contributed by atoms with Gasteiger partial charge in [-0.15, -0.1) is 0 Å². The van der Waals surface area contributed by atoms with Gasteiger partial charge in [0, 0.05) is 12.6 Å². The van der Waals surface area contributed by atoms with E-state index < -0.39 is 0 Å². The minimum atomic E-state index is -0.337. The van der Waals surface area contributed by atoms with Crippen LogP contribution in [0.1, 0.15) is 29.5 Å². The van der Waals surface area contributed by atoms with Crippen LogP contribution in [-0.4, -0.2) is 27.2 Å². The SMILES string of the molecule is CNNC(=O)C(C)c1cc(OC)c(C)c(C)c1OC. The number of benzene rings is 1. The van der Waals surface area contributed by atoms with Gasteiger partial charge in [-0.05, 0) is 38.0 Å². The van der Waals surface area contributed by atoms with Crippen LogP contribution >= 0.6 is 0 Å². The molecule has 0 heterocycles. The molecular formula is C14H22N2O3. The van der Waals surface area contributed by atoms with Gasteiger partial charge in [0.15, 0.2) is 0 Å². The summed E-state index contributed by atoms with van der Waals surface area (Å²) in [6.45, 7) is 5.76. The summed E-state index contributed by atoms with van der Waals surface area (Å²) in [6, 6.07) is 1.86. The molecule has 0 saturated carbocycles. The fourth-order valence-corrected chi connectivity index (χ4v) is 2.06. The maximum absolute atomic E-state index is 11.9. The molecule has 0 bridgehead atoms. The third-order valence-corrected chi connectivity index (χ3v) is 3.35. The third kappa shape index (κ3) is 2.98. The molecule has 2 N–H and O–H groups in total. The first-order valence-electron chi connectivity index (χ1n) is 6.16. The summed E-state index contributed by atoms with van der Waals surface area (Å²) in [5.74, 6) is 1.04. The number of ether oxygens (including phenoxy) is 2. The number of carbonyl (C=O) groups excluding carboxylic acids is 1. The highest BCUT2D eigenvalue weighted by molar-refractivity contribution is 5.84. The van der Waals surface area contributed by atoms with E-state index in [2.05, 4.69) is 10.9 Å². The summed E-state index contributed by atoms with van der Waals surface area (Å²) in [7, 11) is 4.89. The number of methoxy groups -OCH3 is 2. The van der Waals surface area contributed by atoms with Gasteiger partial charge in [0.25, 0.3) is 0 Å². The third-order valence-electron chi connectivity index (χ3n) is 3.35. The zero-order valence-corrected chi connectivity index (χ0v) is 12.4. The van der Waals surface area contributed by atoms with Gasteiger partial charge < -0.3 is 9.47 Å². The molecule has 1 atom stereocenters. The average molecular weight is 266 g/mol. The molecule has 0 radical (unpaired) electrons. The van der Waals surface area contributed by atoms with Crippen molar-refractivity contribution >= 4 is 5.91 Å². The Hall–Kier alpha value is -1.75. The molecule has 1 rings (SSSR count). The zero-order valence-electron chi connectivity index (χ0n) is 12.4. The van der Waals surface area contributed by atoms with Gasteiger partial charge in [0.1, 0.15) is 11.5 Å². The molecular weight excluding hydrogens is 244 g/mol. The van der Waals surface area contributed by atoms with E-state index in [0.29, 0.717) is 0 Å². The van der Waals surface area contributed by atoms with Gasteiger partial charge in [0.2, 0.25) is 5.91 Å². The minimum Gasteiger partial charge on any atom is -0.496 e. The van der Waals surface area contributed by atoms with Crippen LogP contribution in [-0.2, 0) is 4.79 Å². The van der Waals surface area contributed by atoms with Crippen molar-refractivity contribution in [3.05, 3.63) is 22.8 Å². The van der Waals surface area contributed by atoms with Crippen molar-refractivity contribution in [2.24, 2.45) is 0 Å². The molecule has 0 aliphatic heterocycles. The number of hydrazine groups is 1. The fourth-order valence-electron chi connectivity index (χ4n) is 2.06. The van der Waals surface area contributed by atoms with Gasteiger partial charge in [0.05, 0.1) is 20.1 Å². The lowest BCUT2D eigenvalue weighted by atomic mass is 9.94. The molecule has 0 aliphatic carbocycles. The lowest BCUT2D eigenvalue weighted by Gasteiger charge is -2.20. The Bertz CT molecular complexity index is 472. The molecule has 0 fully saturated rings. The van der Waals surface area contributed by atoms with Gasteiger partial charge in [-0.3, -0.25) is 10.2 Å². The quantitative estimate of drug-likeness (QED) is 0.796. The number of nitrogens with one attached hydrogen (secondary N) is 2. The van der Waals surface area contributed by atoms with Crippen molar-refractivity contribution in [1.29, 1.82) is 0 Å². The van der Waals surface area contributed by atoms with E-state index in [-0.39, 0.29) is 11.8 Å². The second-order valence-corrected chi connectivity index (χ2v) is 4.41. The van der Waals surface area contributed by atoms with E-state index in [1.807, 2.05) is 26.8 Å². The number of amides is 1. The molecule has 1 aromatic carbocycles. The minimum absolute atomic E-state index is 0.119. The number of hydrogen-bond donors (Lipinski definition) is 2. The number of rotatable bonds is 5. The van der Waals surface area contributed by atoms with Gasteiger partial charge >= 0.3 is 0 Å². The molecule has 1 unspecified atom stereocenters. The van der Waals surface area contributed by atoms with E-state index >= 15 is 0 Å². The van der Waals surface area contributed by atoms with E-state index in [1.165, 1.54) is 0 Å². The van der Waals surface area contributed by atoms with Crippen molar-refractivity contribution < 1.29 is 14.3 Å². The smallest absolute Gasteiger partial charge is 0.241 e. The van der Waals surface area contributed by atoms with Crippen molar-refractivity contribution in [2.45, 2.75) is 26.7 Å². The molecule has 0 saturated heterocycles. The van der Waals surface area contributed by atoms with Crippen molar-refractivity contribution in [3.63, 3.8) is 0 Å². The lowest BCUT2D eigenvalue weighted by Crippen LogP contribution is -2.37.